The highest BCUT2D eigenvalue weighted by atomic mass is 32.2. The van der Waals surface area contributed by atoms with Crippen molar-refractivity contribution in [3.8, 4) is 0 Å². The second-order valence-electron chi connectivity index (χ2n) is 4.17. The molecule has 0 heterocycles. The number of carbonyl (C=O) groups is 1. The summed E-state index contributed by atoms with van der Waals surface area (Å²) in [6, 6.07) is 5.48. The first-order chi connectivity index (χ1) is 8.77. The molecule has 0 aromatic heterocycles. The van der Waals surface area contributed by atoms with Crippen LogP contribution in [0.4, 0.5) is 0 Å². The van der Waals surface area contributed by atoms with Crippen molar-refractivity contribution in [2.75, 3.05) is 14.2 Å². The Balaban J connectivity index is 2.86. The maximum Gasteiger partial charge on any atom is 0.263 e. The fourth-order valence-corrected chi connectivity index (χ4v) is 2.63. The van der Waals surface area contributed by atoms with Crippen LogP contribution in [0.3, 0.4) is 0 Å². The van der Waals surface area contributed by atoms with Gasteiger partial charge in [-0.2, -0.15) is 4.72 Å². The third-order valence-corrected chi connectivity index (χ3v) is 4.17. The van der Waals surface area contributed by atoms with Crippen LogP contribution in [0.15, 0.2) is 29.2 Å². The van der Waals surface area contributed by atoms with Gasteiger partial charge < -0.3 is 0 Å². The molecule has 1 N–H and O–H groups in total. The molecule has 1 amide bonds. The van der Waals surface area contributed by atoms with E-state index < -0.39 is 22.0 Å². The summed E-state index contributed by atoms with van der Waals surface area (Å²) in [5, 5.41) is 0.975. The number of nitrogens with one attached hydrogen (secondary N) is 1. The maximum atomic E-state index is 12.0. The van der Waals surface area contributed by atoms with E-state index in [1.807, 2.05) is 6.92 Å². The highest BCUT2D eigenvalue weighted by Crippen LogP contribution is 2.10. The minimum Gasteiger partial charge on any atom is -0.275 e. The van der Waals surface area contributed by atoms with Crippen molar-refractivity contribution < 1.29 is 18.0 Å². The number of aryl methyl sites for hydroxylation is 1. The lowest BCUT2D eigenvalue weighted by atomic mass is 10.2. The smallest absolute Gasteiger partial charge is 0.263 e. The van der Waals surface area contributed by atoms with Crippen LogP contribution in [0.25, 0.3) is 0 Å². The van der Waals surface area contributed by atoms with Crippen LogP contribution in [0, 0.1) is 6.92 Å². The van der Waals surface area contributed by atoms with Crippen molar-refractivity contribution in [1.29, 1.82) is 0 Å². The van der Waals surface area contributed by atoms with E-state index in [0.717, 1.165) is 10.6 Å². The molecule has 0 fully saturated rings. The molecule has 0 aliphatic rings. The first-order valence-corrected chi connectivity index (χ1v) is 7.17. The summed E-state index contributed by atoms with van der Waals surface area (Å²) < 4.78 is 26.4. The molecule has 19 heavy (non-hydrogen) atoms. The molecule has 0 aliphatic carbocycles. The molecule has 0 spiro atoms. The Labute approximate surface area is 113 Å². The normalized spacial score (nSPS) is 13.1. The van der Waals surface area contributed by atoms with E-state index in [1.165, 1.54) is 33.2 Å². The van der Waals surface area contributed by atoms with Crippen LogP contribution in [0.5, 0.6) is 0 Å². The molecule has 0 saturated heterocycles. The van der Waals surface area contributed by atoms with Gasteiger partial charge in [0.15, 0.2) is 0 Å². The summed E-state index contributed by atoms with van der Waals surface area (Å²) in [6.07, 6.45) is 0. The second-order valence-corrected chi connectivity index (χ2v) is 5.89. The number of carbonyl (C=O) groups excluding carboxylic acids is 1. The van der Waals surface area contributed by atoms with Crippen molar-refractivity contribution >= 4 is 15.9 Å². The predicted octanol–water partition coefficient (Wildman–Crippen LogP) is 0.682. The van der Waals surface area contributed by atoms with Gasteiger partial charge in [0.05, 0.1) is 12.0 Å². The van der Waals surface area contributed by atoms with Crippen molar-refractivity contribution in [1.82, 2.24) is 9.79 Å². The van der Waals surface area contributed by atoms with E-state index in [2.05, 4.69) is 4.72 Å². The number of hydroxylamine groups is 2. The van der Waals surface area contributed by atoms with Gasteiger partial charge in [0.25, 0.3) is 5.91 Å². The van der Waals surface area contributed by atoms with Crippen LogP contribution in [-0.4, -0.2) is 39.6 Å². The van der Waals surface area contributed by atoms with Crippen LogP contribution in [0.1, 0.15) is 12.5 Å². The van der Waals surface area contributed by atoms with E-state index in [4.69, 9.17) is 4.84 Å². The zero-order valence-corrected chi connectivity index (χ0v) is 12.2. The monoisotopic (exact) mass is 286 g/mol. The molecule has 6 nitrogen and oxygen atoms in total. The molecule has 0 bridgehead atoms. The van der Waals surface area contributed by atoms with E-state index >= 15 is 0 Å². The summed E-state index contributed by atoms with van der Waals surface area (Å²) in [7, 11) is -0.968. The van der Waals surface area contributed by atoms with Crippen LogP contribution in [-0.2, 0) is 19.7 Å². The van der Waals surface area contributed by atoms with Crippen molar-refractivity contribution in [2.24, 2.45) is 0 Å². The van der Waals surface area contributed by atoms with Crippen molar-refractivity contribution in [3.63, 3.8) is 0 Å². The summed E-state index contributed by atoms with van der Waals surface area (Å²) in [6.45, 7) is 3.33. The molecular weight excluding hydrogens is 268 g/mol. The average molecular weight is 286 g/mol. The summed E-state index contributed by atoms with van der Waals surface area (Å²) in [5.74, 6) is -0.474. The third kappa shape index (κ3) is 4.02. The second kappa shape index (κ2) is 6.14. The Hall–Kier alpha value is -1.44. The first-order valence-electron chi connectivity index (χ1n) is 5.68. The number of nitrogens with zero attached hydrogens (tertiary/aromatic N) is 1. The largest absolute Gasteiger partial charge is 0.275 e. The van der Waals surface area contributed by atoms with Crippen molar-refractivity contribution in [3.05, 3.63) is 29.8 Å². The average Bonchev–Trinajstić information content (AvgIpc) is 2.36. The summed E-state index contributed by atoms with van der Waals surface area (Å²) in [4.78, 5) is 16.6. The Morgan fingerprint density at radius 2 is 1.84 bits per heavy atom. The molecule has 0 aliphatic heterocycles. The van der Waals surface area contributed by atoms with Crippen LogP contribution in [0.2, 0.25) is 0 Å². The lowest BCUT2D eigenvalue weighted by molar-refractivity contribution is -0.170. The van der Waals surface area contributed by atoms with Gasteiger partial charge in [-0.3, -0.25) is 9.63 Å². The zero-order valence-electron chi connectivity index (χ0n) is 11.4. The third-order valence-electron chi connectivity index (χ3n) is 2.62. The van der Waals surface area contributed by atoms with Crippen molar-refractivity contribution in [2.45, 2.75) is 24.8 Å². The standard InChI is InChI=1S/C12H18N2O4S/c1-9-5-7-11(8-6-9)19(16,17)13-10(2)12(15)14(3)18-4/h5-8,10,13H,1-4H3/t10-/m0/s1. The molecule has 106 valence electrons. The summed E-state index contributed by atoms with van der Waals surface area (Å²) >= 11 is 0. The Morgan fingerprint density at radius 1 is 1.32 bits per heavy atom. The number of hydrogen-bond donors (Lipinski definition) is 1. The van der Waals surface area contributed by atoms with E-state index in [9.17, 15) is 13.2 Å². The number of sulfonamides is 1. The minimum absolute atomic E-state index is 0.123. The molecule has 1 aromatic rings. The van der Waals surface area contributed by atoms with Gasteiger partial charge in [-0.1, -0.05) is 17.7 Å². The fourth-order valence-electron chi connectivity index (χ4n) is 1.43. The lowest BCUT2D eigenvalue weighted by Crippen LogP contribution is -2.45. The first kappa shape index (κ1) is 15.6. The SMILES string of the molecule is CON(C)C(=O)[C@H](C)NS(=O)(=O)c1ccc(C)cc1. The molecule has 0 saturated carbocycles. The molecule has 1 rings (SSSR count). The maximum absolute atomic E-state index is 12.0. The molecule has 0 radical (unpaired) electrons. The molecule has 7 heteroatoms. The highest BCUT2D eigenvalue weighted by Gasteiger charge is 2.24. The Kier molecular flexibility index (Phi) is 5.04. The van der Waals surface area contributed by atoms with Gasteiger partial charge in [0.1, 0.15) is 6.04 Å². The number of amides is 1. The van der Waals surface area contributed by atoms with Gasteiger partial charge in [-0.15, -0.1) is 0 Å². The number of hydrogen-bond acceptors (Lipinski definition) is 4. The fraction of sp³-hybridized carbons (Fsp3) is 0.417. The quantitative estimate of drug-likeness (QED) is 0.808. The van der Waals surface area contributed by atoms with E-state index in [1.54, 1.807) is 12.1 Å². The molecule has 0 unspecified atom stereocenters. The number of rotatable bonds is 5. The van der Waals surface area contributed by atoms with Gasteiger partial charge in [-0.05, 0) is 26.0 Å². The topological polar surface area (TPSA) is 75.7 Å². The van der Waals surface area contributed by atoms with Gasteiger partial charge >= 0.3 is 0 Å². The van der Waals surface area contributed by atoms with Crippen LogP contribution < -0.4 is 4.72 Å². The van der Waals surface area contributed by atoms with Gasteiger partial charge in [0.2, 0.25) is 10.0 Å². The number of likely N-dealkylation sites (N-methyl/N-ethyl adjacent to an activating group) is 1. The summed E-state index contributed by atoms with van der Waals surface area (Å²) in [5.41, 5.74) is 0.960. The van der Waals surface area contributed by atoms with Crippen LogP contribution >= 0.6 is 0 Å². The van der Waals surface area contributed by atoms with Gasteiger partial charge in [-0.25, -0.2) is 13.5 Å². The highest BCUT2D eigenvalue weighted by molar-refractivity contribution is 7.89. The molecular formula is C12H18N2O4S. The molecule has 1 aromatic carbocycles. The Morgan fingerprint density at radius 3 is 2.32 bits per heavy atom. The van der Waals surface area contributed by atoms with E-state index in [-0.39, 0.29) is 4.90 Å². The van der Waals surface area contributed by atoms with E-state index in [0.29, 0.717) is 0 Å². The molecule has 1 atom stereocenters. The predicted molar refractivity (Wildman–Crippen MR) is 70.7 cm³/mol. The number of benzene rings is 1. The zero-order chi connectivity index (χ0) is 14.6. The van der Waals surface area contributed by atoms with Gasteiger partial charge in [0, 0.05) is 7.05 Å². The lowest BCUT2D eigenvalue weighted by Gasteiger charge is -2.19. The minimum atomic E-state index is -3.72. The Bertz CT molecular complexity index is 539.